The molecule has 1 atom stereocenters. The number of hydrogen-bond acceptors (Lipinski definition) is 3. The number of aromatic amines is 1. The number of benzene rings is 1. The number of fused-ring (bicyclic) bond motifs is 1. The Labute approximate surface area is 123 Å². The average molecular weight is 287 g/mol. The van der Waals surface area contributed by atoms with Crippen molar-refractivity contribution in [3.05, 3.63) is 36.0 Å². The molecule has 1 aromatic heterocycles. The van der Waals surface area contributed by atoms with Crippen LogP contribution in [0.4, 0.5) is 0 Å². The second-order valence-corrected chi connectivity index (χ2v) is 5.70. The molecule has 1 fully saturated rings. The van der Waals surface area contributed by atoms with Crippen molar-refractivity contribution in [3.63, 3.8) is 0 Å². The second kappa shape index (κ2) is 5.87. The molecule has 112 valence electrons. The SMILES string of the molecule is COC1CC(NC(=O)C(N)Cc2c[nH]c3ccccc23)C1. The molecule has 0 radical (unpaired) electrons. The summed E-state index contributed by atoms with van der Waals surface area (Å²) in [4.78, 5) is 15.3. The highest BCUT2D eigenvalue weighted by atomic mass is 16.5. The van der Waals surface area contributed by atoms with Crippen LogP contribution < -0.4 is 11.1 Å². The molecule has 2 aromatic rings. The van der Waals surface area contributed by atoms with E-state index in [0.29, 0.717) is 6.42 Å². The Balaban J connectivity index is 1.58. The number of amides is 1. The minimum Gasteiger partial charge on any atom is -0.381 e. The van der Waals surface area contributed by atoms with Crippen LogP contribution in [0.3, 0.4) is 0 Å². The van der Waals surface area contributed by atoms with Crippen molar-refractivity contribution in [2.75, 3.05) is 7.11 Å². The van der Waals surface area contributed by atoms with E-state index in [-0.39, 0.29) is 18.1 Å². The third-order valence-electron chi connectivity index (χ3n) is 4.23. The molecular weight excluding hydrogens is 266 g/mol. The minimum absolute atomic E-state index is 0.0835. The summed E-state index contributed by atoms with van der Waals surface area (Å²) < 4.78 is 5.21. The Bertz CT molecular complexity index is 631. The molecule has 3 rings (SSSR count). The normalized spacial score (nSPS) is 22.8. The highest BCUT2D eigenvalue weighted by Crippen LogP contribution is 2.23. The Morgan fingerprint density at radius 2 is 2.24 bits per heavy atom. The molecule has 5 heteroatoms. The number of hydrogen-bond donors (Lipinski definition) is 3. The maximum absolute atomic E-state index is 12.1. The first kappa shape index (κ1) is 14.1. The van der Waals surface area contributed by atoms with Gasteiger partial charge in [0.05, 0.1) is 12.1 Å². The number of methoxy groups -OCH3 is 1. The van der Waals surface area contributed by atoms with Crippen LogP contribution in [0, 0.1) is 0 Å². The number of ether oxygens (including phenoxy) is 1. The van der Waals surface area contributed by atoms with Crippen molar-refractivity contribution in [3.8, 4) is 0 Å². The first-order valence-corrected chi connectivity index (χ1v) is 7.31. The van der Waals surface area contributed by atoms with Gasteiger partial charge in [-0.15, -0.1) is 0 Å². The monoisotopic (exact) mass is 287 g/mol. The van der Waals surface area contributed by atoms with E-state index in [0.717, 1.165) is 29.3 Å². The van der Waals surface area contributed by atoms with Gasteiger partial charge in [-0.05, 0) is 30.9 Å². The summed E-state index contributed by atoms with van der Waals surface area (Å²) in [5.74, 6) is -0.0835. The van der Waals surface area contributed by atoms with Gasteiger partial charge in [-0.3, -0.25) is 4.79 Å². The summed E-state index contributed by atoms with van der Waals surface area (Å²) in [5, 5.41) is 4.12. The standard InChI is InChI=1S/C16H21N3O2/c1-21-12-7-11(8-12)19-16(20)14(17)6-10-9-18-15-5-3-2-4-13(10)15/h2-5,9,11-12,14,18H,6-8,17H2,1H3,(H,19,20). The van der Waals surface area contributed by atoms with Crippen LogP contribution in [-0.4, -0.2) is 36.2 Å². The molecule has 0 bridgehead atoms. The third kappa shape index (κ3) is 2.94. The second-order valence-electron chi connectivity index (χ2n) is 5.70. The number of carbonyl (C=O) groups excluding carboxylic acids is 1. The van der Waals surface area contributed by atoms with Gasteiger partial charge in [0, 0.05) is 30.3 Å². The molecule has 1 saturated carbocycles. The van der Waals surface area contributed by atoms with E-state index in [4.69, 9.17) is 10.5 Å². The van der Waals surface area contributed by atoms with Crippen LogP contribution in [0.2, 0.25) is 0 Å². The summed E-state index contributed by atoms with van der Waals surface area (Å²) in [5.41, 5.74) is 8.19. The number of rotatable bonds is 5. The van der Waals surface area contributed by atoms with E-state index >= 15 is 0 Å². The van der Waals surface area contributed by atoms with Gasteiger partial charge in [0.15, 0.2) is 0 Å². The van der Waals surface area contributed by atoms with E-state index in [9.17, 15) is 4.79 Å². The van der Waals surface area contributed by atoms with Crippen LogP contribution in [0.1, 0.15) is 18.4 Å². The van der Waals surface area contributed by atoms with Crippen LogP contribution in [0.15, 0.2) is 30.5 Å². The Morgan fingerprint density at radius 3 is 3.00 bits per heavy atom. The number of nitrogens with one attached hydrogen (secondary N) is 2. The van der Waals surface area contributed by atoms with E-state index < -0.39 is 6.04 Å². The summed E-state index contributed by atoms with van der Waals surface area (Å²) in [6, 6.07) is 7.72. The minimum atomic E-state index is -0.522. The molecule has 1 aliphatic rings. The summed E-state index contributed by atoms with van der Waals surface area (Å²) in [6.45, 7) is 0. The van der Waals surface area contributed by atoms with Crippen molar-refractivity contribution in [2.45, 2.75) is 37.5 Å². The van der Waals surface area contributed by atoms with Crippen molar-refractivity contribution < 1.29 is 9.53 Å². The highest BCUT2D eigenvalue weighted by molar-refractivity contribution is 5.86. The molecule has 1 heterocycles. The summed E-state index contributed by atoms with van der Waals surface area (Å²) in [6.07, 6.45) is 4.50. The van der Waals surface area contributed by atoms with Crippen molar-refractivity contribution in [2.24, 2.45) is 5.73 Å². The van der Waals surface area contributed by atoms with Crippen molar-refractivity contribution >= 4 is 16.8 Å². The maximum atomic E-state index is 12.1. The molecule has 0 spiro atoms. The Hall–Kier alpha value is -1.85. The molecule has 21 heavy (non-hydrogen) atoms. The first-order chi connectivity index (χ1) is 10.2. The summed E-state index contributed by atoms with van der Waals surface area (Å²) in [7, 11) is 1.70. The smallest absolute Gasteiger partial charge is 0.237 e. The van der Waals surface area contributed by atoms with Crippen LogP contribution in [0.5, 0.6) is 0 Å². The maximum Gasteiger partial charge on any atom is 0.237 e. The molecule has 0 aliphatic heterocycles. The van der Waals surface area contributed by atoms with Gasteiger partial charge in [-0.2, -0.15) is 0 Å². The van der Waals surface area contributed by atoms with Crippen LogP contribution >= 0.6 is 0 Å². The predicted octanol–water partition coefficient (Wildman–Crippen LogP) is 1.33. The molecule has 4 N–H and O–H groups in total. The van der Waals surface area contributed by atoms with Gasteiger partial charge >= 0.3 is 0 Å². The molecule has 0 saturated heterocycles. The van der Waals surface area contributed by atoms with Gasteiger partial charge in [0.25, 0.3) is 0 Å². The molecule has 1 aromatic carbocycles. The number of carbonyl (C=O) groups is 1. The first-order valence-electron chi connectivity index (χ1n) is 7.31. The molecular formula is C16H21N3O2. The quantitative estimate of drug-likeness (QED) is 0.776. The van der Waals surface area contributed by atoms with Gasteiger partial charge in [-0.1, -0.05) is 18.2 Å². The van der Waals surface area contributed by atoms with E-state index in [2.05, 4.69) is 10.3 Å². The zero-order chi connectivity index (χ0) is 14.8. The molecule has 1 unspecified atom stereocenters. The topological polar surface area (TPSA) is 80.1 Å². The molecule has 5 nitrogen and oxygen atoms in total. The predicted molar refractivity (Wildman–Crippen MR) is 81.9 cm³/mol. The molecule has 1 amide bonds. The van der Waals surface area contributed by atoms with Gasteiger partial charge in [-0.25, -0.2) is 0 Å². The number of H-pyrrole nitrogens is 1. The van der Waals surface area contributed by atoms with E-state index in [1.54, 1.807) is 7.11 Å². The van der Waals surface area contributed by atoms with Crippen molar-refractivity contribution in [1.29, 1.82) is 0 Å². The largest absolute Gasteiger partial charge is 0.381 e. The van der Waals surface area contributed by atoms with E-state index in [1.165, 1.54) is 0 Å². The number of aromatic nitrogens is 1. The van der Waals surface area contributed by atoms with Gasteiger partial charge < -0.3 is 20.8 Å². The Morgan fingerprint density at radius 1 is 1.48 bits per heavy atom. The Kier molecular flexibility index (Phi) is 3.94. The highest BCUT2D eigenvalue weighted by Gasteiger charge is 2.31. The summed E-state index contributed by atoms with van der Waals surface area (Å²) >= 11 is 0. The number of para-hydroxylation sites is 1. The average Bonchev–Trinajstić information content (AvgIpc) is 2.85. The lowest BCUT2D eigenvalue weighted by Crippen LogP contribution is -2.52. The fraction of sp³-hybridized carbons (Fsp3) is 0.438. The zero-order valence-corrected chi connectivity index (χ0v) is 12.1. The molecule has 1 aliphatic carbocycles. The fourth-order valence-electron chi connectivity index (χ4n) is 2.81. The van der Waals surface area contributed by atoms with Crippen molar-refractivity contribution in [1.82, 2.24) is 10.3 Å². The van der Waals surface area contributed by atoms with Gasteiger partial charge in [0.1, 0.15) is 0 Å². The lowest BCUT2D eigenvalue weighted by atomic mass is 9.89. The fourth-order valence-corrected chi connectivity index (χ4v) is 2.81. The van der Waals surface area contributed by atoms with Crippen LogP contribution in [-0.2, 0) is 16.0 Å². The third-order valence-corrected chi connectivity index (χ3v) is 4.23. The van der Waals surface area contributed by atoms with E-state index in [1.807, 2.05) is 30.5 Å². The number of nitrogens with two attached hydrogens (primary N) is 1. The lowest BCUT2D eigenvalue weighted by Gasteiger charge is -2.35. The lowest BCUT2D eigenvalue weighted by molar-refractivity contribution is -0.124. The zero-order valence-electron chi connectivity index (χ0n) is 12.1. The van der Waals surface area contributed by atoms with Gasteiger partial charge in [0.2, 0.25) is 5.91 Å². The van der Waals surface area contributed by atoms with Crippen LogP contribution in [0.25, 0.3) is 10.9 Å².